The molecule has 3 rings (SSSR count). The van der Waals surface area contributed by atoms with Gasteiger partial charge in [-0.25, -0.2) is 4.98 Å². The number of hydrogen-bond acceptors (Lipinski definition) is 5. The van der Waals surface area contributed by atoms with Crippen LogP contribution in [0.1, 0.15) is 25.9 Å². The van der Waals surface area contributed by atoms with Gasteiger partial charge in [-0.15, -0.1) is 11.3 Å². The van der Waals surface area contributed by atoms with Gasteiger partial charge in [0.1, 0.15) is 10.8 Å². The Morgan fingerprint density at radius 1 is 1.19 bits per heavy atom. The molecule has 1 N–H and O–H groups in total. The van der Waals surface area contributed by atoms with Crippen LogP contribution in [0.15, 0.2) is 47.4 Å². The number of amides is 1. The molecule has 2 heterocycles. The molecule has 0 saturated heterocycles. The Morgan fingerprint density at radius 3 is 2.54 bits per heavy atom. The third-order valence-corrected chi connectivity index (χ3v) is 5.07. The minimum absolute atomic E-state index is 0.210. The van der Waals surface area contributed by atoms with Crippen molar-refractivity contribution >= 4 is 17.2 Å². The first-order valence-electron chi connectivity index (χ1n) is 8.06. The zero-order valence-corrected chi connectivity index (χ0v) is 15.6. The maximum atomic E-state index is 12.4. The van der Waals surface area contributed by atoms with E-state index in [1.807, 2.05) is 13.8 Å². The summed E-state index contributed by atoms with van der Waals surface area (Å²) in [6, 6.07) is 9.97. The van der Waals surface area contributed by atoms with Gasteiger partial charge in [-0.1, -0.05) is 0 Å². The molecule has 0 atom stereocenters. The highest BCUT2D eigenvalue weighted by atomic mass is 32.1. The average Bonchev–Trinajstić information content (AvgIpc) is 2.98. The highest BCUT2D eigenvalue weighted by Gasteiger charge is 2.10. The molecule has 0 aliphatic carbocycles. The van der Waals surface area contributed by atoms with E-state index >= 15 is 0 Å². The van der Waals surface area contributed by atoms with E-state index in [0.29, 0.717) is 23.5 Å². The van der Waals surface area contributed by atoms with E-state index in [1.165, 1.54) is 22.9 Å². The molecule has 3 aromatic rings. The molecule has 7 heteroatoms. The van der Waals surface area contributed by atoms with E-state index in [4.69, 9.17) is 4.74 Å². The number of pyridine rings is 1. The Bertz CT molecular complexity index is 971. The third kappa shape index (κ3) is 3.83. The summed E-state index contributed by atoms with van der Waals surface area (Å²) >= 11 is 1.56. The Labute approximate surface area is 155 Å². The van der Waals surface area contributed by atoms with Crippen molar-refractivity contribution in [1.82, 2.24) is 14.9 Å². The second-order valence-electron chi connectivity index (χ2n) is 5.76. The maximum Gasteiger partial charge on any atom is 0.255 e. The molecule has 0 saturated carbocycles. The molecule has 26 heavy (non-hydrogen) atoms. The summed E-state index contributed by atoms with van der Waals surface area (Å²) in [6.45, 7) is 4.31. The van der Waals surface area contributed by atoms with Crippen LogP contribution in [0.2, 0.25) is 0 Å². The lowest BCUT2D eigenvalue weighted by molar-refractivity contribution is 0.0950. The van der Waals surface area contributed by atoms with Crippen LogP contribution in [-0.4, -0.2) is 22.6 Å². The molecule has 0 radical (unpaired) electrons. The van der Waals surface area contributed by atoms with Gasteiger partial charge in [0.25, 0.3) is 11.5 Å². The lowest BCUT2D eigenvalue weighted by Gasteiger charge is -2.09. The minimum Gasteiger partial charge on any atom is -0.497 e. The second-order valence-corrected chi connectivity index (χ2v) is 7.04. The molecule has 0 aliphatic rings. The minimum atomic E-state index is -0.252. The number of carbonyl (C=O) groups is 1. The van der Waals surface area contributed by atoms with Crippen molar-refractivity contribution in [2.24, 2.45) is 0 Å². The number of nitrogens with one attached hydrogen (secondary N) is 1. The maximum absolute atomic E-state index is 12.4. The summed E-state index contributed by atoms with van der Waals surface area (Å²) in [7, 11) is 1.58. The zero-order chi connectivity index (χ0) is 18.7. The van der Waals surface area contributed by atoms with Gasteiger partial charge in [0.05, 0.1) is 24.9 Å². The number of aryl methyl sites for hydroxylation is 2. The summed E-state index contributed by atoms with van der Waals surface area (Å²) in [6.07, 6.45) is 1.54. The fourth-order valence-corrected chi connectivity index (χ4v) is 3.31. The normalized spacial score (nSPS) is 10.6. The molecule has 1 aromatic carbocycles. The van der Waals surface area contributed by atoms with Crippen LogP contribution in [-0.2, 0) is 6.54 Å². The van der Waals surface area contributed by atoms with Gasteiger partial charge in [0.15, 0.2) is 0 Å². The quantitative estimate of drug-likeness (QED) is 0.751. The van der Waals surface area contributed by atoms with E-state index in [2.05, 4.69) is 10.3 Å². The van der Waals surface area contributed by atoms with E-state index in [1.54, 1.807) is 42.7 Å². The largest absolute Gasteiger partial charge is 0.497 e. The Morgan fingerprint density at radius 2 is 1.92 bits per heavy atom. The highest BCUT2D eigenvalue weighted by Crippen LogP contribution is 2.16. The summed E-state index contributed by atoms with van der Waals surface area (Å²) in [4.78, 5) is 30.1. The number of ether oxygens (including phenoxy) is 1. The first-order valence-corrected chi connectivity index (χ1v) is 8.88. The summed E-state index contributed by atoms with van der Waals surface area (Å²) < 4.78 is 6.56. The molecular formula is C19H19N3O3S. The number of benzene rings is 1. The van der Waals surface area contributed by atoms with Crippen molar-refractivity contribution in [1.29, 1.82) is 0 Å². The first kappa shape index (κ1) is 17.9. The number of carbonyl (C=O) groups excluding carboxylic acids is 1. The van der Waals surface area contributed by atoms with Gasteiger partial charge < -0.3 is 10.1 Å². The standard InChI is InChI=1S/C19H19N3O3S/c1-12-13(2)26-17(21-12)10-20-19(24)14-4-9-18(23)22(11-14)15-5-7-16(25-3)8-6-15/h4-9,11H,10H2,1-3H3,(H,20,24). The monoisotopic (exact) mass is 369 g/mol. The van der Waals surface area contributed by atoms with Crippen LogP contribution in [0.4, 0.5) is 0 Å². The smallest absolute Gasteiger partial charge is 0.255 e. The van der Waals surface area contributed by atoms with Crippen LogP contribution >= 0.6 is 11.3 Å². The lowest BCUT2D eigenvalue weighted by Crippen LogP contribution is -2.25. The zero-order valence-electron chi connectivity index (χ0n) is 14.8. The van der Waals surface area contributed by atoms with Crippen molar-refractivity contribution < 1.29 is 9.53 Å². The van der Waals surface area contributed by atoms with E-state index < -0.39 is 0 Å². The Balaban J connectivity index is 1.79. The van der Waals surface area contributed by atoms with Crippen LogP contribution in [0.5, 0.6) is 5.75 Å². The van der Waals surface area contributed by atoms with Gasteiger partial charge in [-0.3, -0.25) is 14.2 Å². The van der Waals surface area contributed by atoms with Crippen LogP contribution < -0.4 is 15.6 Å². The molecule has 0 unspecified atom stereocenters. The van der Waals surface area contributed by atoms with E-state index in [9.17, 15) is 9.59 Å². The van der Waals surface area contributed by atoms with Crippen molar-refractivity contribution in [2.75, 3.05) is 7.11 Å². The number of hydrogen-bond donors (Lipinski definition) is 1. The third-order valence-electron chi connectivity index (χ3n) is 4.00. The number of rotatable bonds is 5. The van der Waals surface area contributed by atoms with Crippen molar-refractivity contribution in [3.05, 3.63) is 74.1 Å². The Hall–Kier alpha value is -2.93. The first-order chi connectivity index (χ1) is 12.5. The summed E-state index contributed by atoms with van der Waals surface area (Å²) in [5, 5.41) is 3.70. The van der Waals surface area contributed by atoms with Gasteiger partial charge in [-0.2, -0.15) is 0 Å². The number of nitrogens with zero attached hydrogens (tertiary/aromatic N) is 2. The molecule has 0 fully saturated rings. The number of thiazole rings is 1. The molecule has 0 bridgehead atoms. The van der Waals surface area contributed by atoms with Gasteiger partial charge in [0.2, 0.25) is 0 Å². The topological polar surface area (TPSA) is 73.2 Å². The molecule has 6 nitrogen and oxygen atoms in total. The van der Waals surface area contributed by atoms with Crippen LogP contribution in [0.3, 0.4) is 0 Å². The molecular weight excluding hydrogens is 350 g/mol. The highest BCUT2D eigenvalue weighted by molar-refractivity contribution is 7.11. The van der Waals surface area contributed by atoms with Gasteiger partial charge >= 0.3 is 0 Å². The van der Waals surface area contributed by atoms with Gasteiger partial charge in [0, 0.05) is 22.8 Å². The molecule has 0 spiro atoms. The SMILES string of the molecule is COc1ccc(-n2cc(C(=O)NCc3nc(C)c(C)s3)ccc2=O)cc1. The molecule has 0 aliphatic heterocycles. The van der Waals surface area contributed by atoms with Gasteiger partial charge in [-0.05, 0) is 44.2 Å². The second kappa shape index (κ2) is 7.53. The van der Waals surface area contributed by atoms with Crippen LogP contribution in [0.25, 0.3) is 5.69 Å². The van der Waals surface area contributed by atoms with Crippen molar-refractivity contribution in [2.45, 2.75) is 20.4 Å². The average molecular weight is 369 g/mol. The number of methoxy groups -OCH3 is 1. The van der Waals surface area contributed by atoms with Crippen LogP contribution in [0, 0.1) is 13.8 Å². The van der Waals surface area contributed by atoms with E-state index in [-0.39, 0.29) is 11.5 Å². The van der Waals surface area contributed by atoms with Crippen molar-refractivity contribution in [3.63, 3.8) is 0 Å². The predicted molar refractivity (Wildman–Crippen MR) is 101 cm³/mol. The molecule has 1 amide bonds. The fraction of sp³-hybridized carbons (Fsp3) is 0.211. The summed E-state index contributed by atoms with van der Waals surface area (Å²) in [5.74, 6) is 0.447. The van der Waals surface area contributed by atoms with E-state index in [0.717, 1.165) is 15.6 Å². The lowest BCUT2D eigenvalue weighted by atomic mass is 10.2. The molecule has 134 valence electrons. The number of aromatic nitrogens is 2. The Kier molecular flexibility index (Phi) is 5.18. The fourth-order valence-electron chi connectivity index (χ4n) is 2.44. The van der Waals surface area contributed by atoms with Crippen molar-refractivity contribution in [3.8, 4) is 11.4 Å². The predicted octanol–water partition coefficient (Wildman–Crippen LogP) is 2.85. The molecule has 2 aromatic heterocycles. The summed E-state index contributed by atoms with van der Waals surface area (Å²) in [5.41, 5.74) is 1.84.